The highest BCUT2D eigenvalue weighted by Gasteiger charge is 2.40. The van der Waals surface area contributed by atoms with Crippen LogP contribution in [0.5, 0.6) is 0 Å². The number of imidazole rings is 2. The lowest BCUT2D eigenvalue weighted by molar-refractivity contribution is -0.147. The van der Waals surface area contributed by atoms with Crippen molar-refractivity contribution in [1.82, 2.24) is 105 Å². The number of rotatable bonds is 57. The average molecular weight is 1730 g/mol. The number of carboxylic acids is 3. The number of nitrogens with zero attached hydrogens (tertiary/aromatic N) is 2. The first kappa shape index (κ1) is 103. The Labute approximate surface area is 698 Å². The van der Waals surface area contributed by atoms with Gasteiger partial charge in [-0.1, -0.05) is 44.2 Å². The predicted octanol–water partition coefficient (Wildman–Crippen LogP) is -11.6. The minimum atomic E-state index is -2.15. The maximum atomic E-state index is 14.7. The molecular formula is C72H114N26O24. The quantitative estimate of drug-likeness (QED) is 0.0142. The highest BCUT2D eigenvalue weighted by molar-refractivity contribution is 6.01. The molecule has 3 rings (SSSR count). The van der Waals surface area contributed by atoms with Crippen LogP contribution in [0, 0.1) is 16.7 Å². The Morgan fingerprint density at radius 3 is 1.21 bits per heavy atom. The number of hydrogen-bond acceptors (Lipinski definition) is 27. The van der Waals surface area contributed by atoms with Crippen molar-refractivity contribution in [3.05, 3.63) is 72.3 Å². The highest BCUT2D eigenvalue weighted by Crippen LogP contribution is 2.13. The third-order valence-electron chi connectivity index (χ3n) is 18.0. The number of unbranched alkanes of at least 4 members (excludes halogenated alkanes) is 1. The Bertz CT molecular complexity index is 4010. The maximum absolute atomic E-state index is 14.7. The number of carbonyl (C=O) groups is 17. The number of nitrogens with one attached hydrogen (secondary N) is 20. The van der Waals surface area contributed by atoms with Crippen molar-refractivity contribution in [3.8, 4) is 0 Å². The Morgan fingerprint density at radius 2 is 0.795 bits per heavy atom. The molecule has 0 aliphatic carbocycles. The SMILES string of the molecule is CC(C)C[C@H](N)C(=O)NCC(=O)N[C@@H](CCCNC(=N)N)C(=O)N[C@@H](Cc1ccccc1)C(=O)N[C@@H](CCCCN)C(=O)N[C@@H](Cc1cnc[nH]1)C(=O)N[C@H](C(=O)N[C@@H](CC(=O)O)C(=O)N[C@@H](C)C(=O)N[C@@H](CO)C(=O)N[C@@H](CO)C(=O)N[C@@H](CCCNC(=N)N)C(=O)N[C@H](C(=O)N[C@@H](Cc1cnc[nH]1)C(=O)N[C@@H](CC(=O)O)C(=O)O)[C@@H](C)O)[C@@H](C)O. The molecular weight excluding hydrogens is 1610 g/mol. The molecule has 16 atom stereocenters. The predicted molar refractivity (Wildman–Crippen MR) is 427 cm³/mol. The van der Waals surface area contributed by atoms with E-state index in [1.54, 1.807) is 30.3 Å². The van der Waals surface area contributed by atoms with Gasteiger partial charge in [0.05, 0.1) is 63.5 Å². The fraction of sp³-hybridized carbons (Fsp3) is 0.569. The van der Waals surface area contributed by atoms with Crippen molar-refractivity contribution in [1.29, 1.82) is 10.8 Å². The largest absolute Gasteiger partial charge is 0.481 e. The van der Waals surface area contributed by atoms with Crippen LogP contribution < -0.4 is 108 Å². The smallest absolute Gasteiger partial charge is 0.326 e. The van der Waals surface area contributed by atoms with Crippen molar-refractivity contribution in [2.75, 3.05) is 39.4 Å². The van der Waals surface area contributed by atoms with Crippen molar-refractivity contribution < 1.29 is 117 Å². The molecule has 1 aromatic carbocycles. The summed E-state index contributed by atoms with van der Waals surface area (Å²) in [5.41, 5.74) is 23.5. The van der Waals surface area contributed by atoms with Crippen molar-refractivity contribution >= 4 is 113 Å². The number of amides is 14. The van der Waals surface area contributed by atoms with Crippen LogP contribution in [0.15, 0.2) is 55.4 Å². The molecule has 50 nitrogen and oxygen atoms in total. The molecule has 14 amide bonds. The van der Waals surface area contributed by atoms with Gasteiger partial charge in [-0.2, -0.15) is 0 Å². The summed E-state index contributed by atoms with van der Waals surface area (Å²) in [6.45, 7) is 3.71. The molecule has 0 saturated carbocycles. The molecule has 0 radical (unpaired) electrons. The van der Waals surface area contributed by atoms with Gasteiger partial charge in [0.25, 0.3) is 0 Å². The van der Waals surface area contributed by atoms with Crippen LogP contribution in [0.3, 0.4) is 0 Å². The van der Waals surface area contributed by atoms with Crippen LogP contribution in [0.1, 0.15) is 116 Å². The molecule has 50 heteroatoms. The Hall–Kier alpha value is -13.1. The summed E-state index contributed by atoms with van der Waals surface area (Å²) in [6.07, 6.45) is -1.93. The minimum Gasteiger partial charge on any atom is -0.481 e. The molecule has 0 aliphatic rings. The number of aliphatic hydroxyl groups excluding tert-OH is 4. The van der Waals surface area contributed by atoms with E-state index in [1.807, 2.05) is 19.2 Å². The third-order valence-corrected chi connectivity index (χ3v) is 18.0. The number of guanidine groups is 2. The van der Waals surface area contributed by atoms with Crippen LogP contribution in [-0.4, -0.2) is 304 Å². The summed E-state index contributed by atoms with van der Waals surface area (Å²) in [4.78, 5) is 243. The summed E-state index contributed by atoms with van der Waals surface area (Å²) >= 11 is 0. The van der Waals surface area contributed by atoms with E-state index in [4.69, 9.17) is 33.8 Å². The lowest BCUT2D eigenvalue weighted by Crippen LogP contribution is -2.63. The summed E-state index contributed by atoms with van der Waals surface area (Å²) in [7, 11) is 0. The molecule has 0 unspecified atom stereocenters. The van der Waals surface area contributed by atoms with E-state index >= 15 is 0 Å². The standard InChI is InChI=1S/C72H114N26O24/c1-34(2)21-41(74)58(109)83-29-52(103)87-42(16-11-19-81-71(75)76)59(110)90-45(22-38-13-7-6-8-14-38)63(114)88-43(15-9-10-18-73)60(111)91-47(24-40-28-80-33-85-40)65(116)98-56(37(5)102)69(120)93-48(25-53(104)105)62(113)86-35(3)57(108)95-50(30-99)67(118)96-51(31-100)66(117)89-44(17-12-20-82-72(77)78)61(112)97-55(36(4)101)68(119)92-46(23-39-27-79-32-84-39)64(115)94-49(70(121)122)26-54(106)107/h6-8,13-14,27-28,32-37,41-51,55-56,99-102H,9-12,15-26,29-31,73-74H2,1-5H3,(H,79,84)(H,80,85)(H,83,109)(H,86,113)(H,87,103)(H,88,114)(H,89,117)(H,90,110)(H,91,111)(H,92,119)(H,93,120)(H,94,115)(H,95,108)(H,96,118)(H,97,112)(H,98,116)(H,104,105)(H,106,107)(H,121,122)(H4,75,76,81)(H4,77,78,82)/t35-,36+,37+,41-,42-,43-,44-,45-,46-,47-,48-,49-,50-,51-,55-,56-/m0/s1. The molecule has 122 heavy (non-hydrogen) atoms. The van der Waals surface area contributed by atoms with Gasteiger partial charge in [-0.05, 0) is 90.2 Å². The second-order valence-electron chi connectivity index (χ2n) is 28.7. The van der Waals surface area contributed by atoms with Crippen LogP contribution in [0.2, 0.25) is 0 Å². The van der Waals surface area contributed by atoms with Crippen LogP contribution in [0.25, 0.3) is 0 Å². The number of aromatic amines is 2. The van der Waals surface area contributed by atoms with E-state index in [9.17, 15) is 117 Å². The lowest BCUT2D eigenvalue weighted by atomic mass is 10.0. The van der Waals surface area contributed by atoms with Crippen molar-refractivity contribution in [2.45, 2.75) is 215 Å². The fourth-order valence-corrected chi connectivity index (χ4v) is 11.5. The Balaban J connectivity index is 1.86. The van der Waals surface area contributed by atoms with Gasteiger partial charge in [0.1, 0.15) is 78.5 Å². The van der Waals surface area contributed by atoms with Crippen LogP contribution in [-0.2, 0) is 101 Å². The first-order chi connectivity index (χ1) is 57.6. The number of nitrogens with two attached hydrogens (primary N) is 4. The first-order valence-electron chi connectivity index (χ1n) is 38.6. The third kappa shape index (κ3) is 38.3. The summed E-state index contributed by atoms with van der Waals surface area (Å²) < 4.78 is 0. The molecule has 0 aliphatic heterocycles. The van der Waals surface area contributed by atoms with Gasteiger partial charge in [-0.25, -0.2) is 14.8 Å². The maximum Gasteiger partial charge on any atom is 0.326 e. The lowest BCUT2D eigenvalue weighted by Gasteiger charge is -2.28. The van der Waals surface area contributed by atoms with E-state index in [0.29, 0.717) is 18.4 Å². The number of aromatic nitrogens is 4. The summed E-state index contributed by atoms with van der Waals surface area (Å²) in [5.74, 6) is -22.0. The van der Waals surface area contributed by atoms with E-state index < -0.39 is 249 Å². The number of hydrogen-bond donors (Lipinski definition) is 31. The molecule has 2 aromatic heterocycles. The summed E-state index contributed by atoms with van der Waals surface area (Å²) in [6, 6.07) is -16.3. The van der Waals surface area contributed by atoms with E-state index in [-0.39, 0.29) is 87.8 Å². The molecule has 676 valence electrons. The van der Waals surface area contributed by atoms with Gasteiger partial charge >= 0.3 is 17.9 Å². The zero-order chi connectivity index (χ0) is 91.5. The topological polar surface area (TPSA) is 833 Å². The summed E-state index contributed by atoms with van der Waals surface area (Å²) in [5, 5.41) is 123. The molecule has 3 aromatic rings. The number of aliphatic carboxylic acids is 3. The second kappa shape index (κ2) is 53.5. The number of aliphatic hydroxyl groups is 4. The van der Waals surface area contributed by atoms with Gasteiger partial charge in [0.2, 0.25) is 82.7 Å². The first-order valence-corrected chi connectivity index (χ1v) is 38.6. The molecule has 0 saturated heterocycles. The van der Waals surface area contributed by atoms with Gasteiger partial charge in [0.15, 0.2) is 11.9 Å². The molecule has 0 spiro atoms. The van der Waals surface area contributed by atoms with Crippen molar-refractivity contribution in [2.24, 2.45) is 28.9 Å². The van der Waals surface area contributed by atoms with E-state index in [1.165, 1.54) is 25.0 Å². The number of carbonyl (C=O) groups excluding carboxylic acids is 14. The molecule has 0 fully saturated rings. The average Bonchev–Trinajstić information content (AvgIpc) is 1.06. The van der Waals surface area contributed by atoms with Crippen LogP contribution in [0.4, 0.5) is 0 Å². The van der Waals surface area contributed by atoms with Crippen molar-refractivity contribution in [3.63, 3.8) is 0 Å². The molecule has 35 N–H and O–H groups in total. The van der Waals surface area contributed by atoms with Gasteiger partial charge < -0.3 is 154 Å². The second-order valence-corrected chi connectivity index (χ2v) is 28.7. The fourth-order valence-electron chi connectivity index (χ4n) is 11.5. The zero-order valence-electron chi connectivity index (χ0n) is 67.7. The normalized spacial score (nSPS) is 15.0. The molecule has 2 heterocycles. The monoisotopic (exact) mass is 1730 g/mol. The zero-order valence-corrected chi connectivity index (χ0v) is 67.7. The molecule has 0 bridgehead atoms. The number of H-pyrrole nitrogens is 2. The van der Waals surface area contributed by atoms with E-state index in [0.717, 1.165) is 20.8 Å². The van der Waals surface area contributed by atoms with E-state index in [2.05, 4.69) is 99.7 Å². The van der Waals surface area contributed by atoms with Gasteiger partial charge in [0, 0.05) is 56.1 Å². The Kier molecular flexibility index (Phi) is 45.2. The van der Waals surface area contributed by atoms with Crippen LogP contribution >= 0.6 is 0 Å². The number of benzene rings is 1. The highest BCUT2D eigenvalue weighted by atomic mass is 16.4. The number of carboxylic acid groups (broad SMARTS) is 3. The van der Waals surface area contributed by atoms with Gasteiger partial charge in [-0.15, -0.1) is 0 Å². The minimum absolute atomic E-state index is 0.0504. The Morgan fingerprint density at radius 1 is 0.426 bits per heavy atom. The van der Waals surface area contributed by atoms with Gasteiger partial charge in [-0.3, -0.25) is 87.5 Å².